The smallest absolute Gasteiger partial charge is 0.222 e. The van der Waals surface area contributed by atoms with E-state index in [-0.39, 0.29) is 17.8 Å². The molecule has 1 aliphatic rings. The van der Waals surface area contributed by atoms with Crippen LogP contribution in [0.25, 0.3) is 0 Å². The predicted octanol–water partition coefficient (Wildman–Crippen LogP) is 7.74. The van der Waals surface area contributed by atoms with Gasteiger partial charge in [-0.15, -0.1) is 0 Å². The number of hydrogen-bond donors (Lipinski definition) is 0. The first kappa shape index (κ1) is 23.0. The van der Waals surface area contributed by atoms with Crippen LogP contribution in [0.15, 0.2) is 35.9 Å². The second kappa shape index (κ2) is 9.03. The third-order valence-electron chi connectivity index (χ3n) is 5.45. The molecule has 158 valence electrons. The van der Waals surface area contributed by atoms with Gasteiger partial charge in [-0.1, -0.05) is 66.7 Å². The lowest BCUT2D eigenvalue weighted by Gasteiger charge is -2.36. The van der Waals surface area contributed by atoms with Gasteiger partial charge in [0.2, 0.25) is 6.29 Å². The van der Waals surface area contributed by atoms with Gasteiger partial charge in [0.05, 0.1) is 6.10 Å². The normalized spacial score (nSPS) is 20.2. The number of rotatable bonds is 7. The molecule has 1 aromatic rings. The molecule has 3 atom stereocenters. The van der Waals surface area contributed by atoms with Gasteiger partial charge in [0.1, 0.15) is 5.75 Å². The Labute approximate surface area is 173 Å². The minimum Gasteiger partial charge on any atom is -0.461 e. The monoisotopic (exact) mass is 386 g/mol. The highest BCUT2D eigenvalue weighted by molar-refractivity contribution is 5.31. The average Bonchev–Trinajstić information content (AvgIpc) is 2.97. The molecule has 2 heteroatoms. The molecule has 0 aromatic heterocycles. The topological polar surface area (TPSA) is 18.5 Å². The minimum absolute atomic E-state index is 0.137. The van der Waals surface area contributed by atoms with Gasteiger partial charge in [-0.05, 0) is 79.0 Å². The van der Waals surface area contributed by atoms with Gasteiger partial charge in [-0.2, -0.15) is 0 Å². The molecule has 0 spiro atoms. The molecule has 0 radical (unpaired) electrons. The third kappa shape index (κ3) is 6.95. The summed E-state index contributed by atoms with van der Waals surface area (Å²) in [5.41, 5.74) is 3.20. The van der Waals surface area contributed by atoms with E-state index in [2.05, 4.69) is 92.7 Å². The average molecular weight is 387 g/mol. The summed E-state index contributed by atoms with van der Waals surface area (Å²) in [4.78, 5) is 0. The van der Waals surface area contributed by atoms with E-state index in [1.807, 2.05) is 0 Å². The van der Waals surface area contributed by atoms with Crippen LogP contribution in [-0.2, 0) is 4.74 Å². The maximum absolute atomic E-state index is 6.29. The lowest BCUT2D eigenvalue weighted by Crippen LogP contribution is -2.26. The number of benzene rings is 1. The Bertz CT molecular complexity index is 640. The number of hydrogen-bond acceptors (Lipinski definition) is 2. The molecular weight excluding hydrogens is 344 g/mol. The van der Waals surface area contributed by atoms with Crippen LogP contribution in [0.2, 0.25) is 0 Å². The molecule has 0 saturated heterocycles. The van der Waals surface area contributed by atoms with Crippen LogP contribution >= 0.6 is 0 Å². The summed E-state index contributed by atoms with van der Waals surface area (Å²) >= 11 is 0. The Morgan fingerprint density at radius 1 is 1.00 bits per heavy atom. The van der Waals surface area contributed by atoms with Gasteiger partial charge < -0.3 is 9.47 Å². The fourth-order valence-electron chi connectivity index (χ4n) is 3.99. The zero-order valence-electron chi connectivity index (χ0n) is 19.6. The molecular formula is C26H42O2. The van der Waals surface area contributed by atoms with E-state index in [0.29, 0.717) is 17.3 Å². The molecule has 0 bridgehead atoms. The Hall–Kier alpha value is -1.28. The molecule has 0 fully saturated rings. The summed E-state index contributed by atoms with van der Waals surface area (Å²) < 4.78 is 12.4. The van der Waals surface area contributed by atoms with Crippen molar-refractivity contribution in [3.05, 3.63) is 41.5 Å². The van der Waals surface area contributed by atoms with Crippen molar-refractivity contribution in [2.45, 2.75) is 99.9 Å². The van der Waals surface area contributed by atoms with Crippen molar-refractivity contribution in [3.63, 3.8) is 0 Å². The fraction of sp³-hybridized carbons (Fsp3) is 0.692. The van der Waals surface area contributed by atoms with E-state index in [0.717, 1.165) is 18.6 Å². The highest BCUT2D eigenvalue weighted by Crippen LogP contribution is 2.43. The van der Waals surface area contributed by atoms with E-state index < -0.39 is 0 Å². The van der Waals surface area contributed by atoms with E-state index in [1.165, 1.54) is 17.6 Å². The summed E-state index contributed by atoms with van der Waals surface area (Å²) in [5, 5.41) is 0. The first-order chi connectivity index (χ1) is 12.8. The second-order valence-electron chi connectivity index (χ2n) is 11.2. The standard InChI is InChI=1S/C26H42O2/c1-18(2)27-24(21-11-10-19(3)16-21)28-22-14-12-20(13-15-22)23(26(7,8)9)17-25(4,5)6/h11-15,18-19,23-24H,10,16-17H2,1-9H3. The first-order valence-corrected chi connectivity index (χ1v) is 11.0. The van der Waals surface area contributed by atoms with Gasteiger partial charge in [0, 0.05) is 0 Å². The molecule has 1 aromatic carbocycles. The third-order valence-corrected chi connectivity index (χ3v) is 5.45. The SMILES string of the molecule is CC1CC=C(C(Oc2ccc(C(CC(C)(C)C)C(C)(C)C)cc2)OC(C)C)C1. The van der Waals surface area contributed by atoms with Crippen LogP contribution in [0.4, 0.5) is 0 Å². The van der Waals surface area contributed by atoms with Gasteiger partial charge in [0.15, 0.2) is 0 Å². The van der Waals surface area contributed by atoms with Crippen molar-refractivity contribution in [2.75, 3.05) is 0 Å². The van der Waals surface area contributed by atoms with Crippen molar-refractivity contribution in [1.29, 1.82) is 0 Å². The van der Waals surface area contributed by atoms with E-state index in [9.17, 15) is 0 Å². The molecule has 0 amide bonds. The number of ether oxygens (including phenoxy) is 2. The highest BCUT2D eigenvalue weighted by Gasteiger charge is 2.30. The molecule has 0 N–H and O–H groups in total. The Balaban J connectivity index is 2.17. The summed E-state index contributed by atoms with van der Waals surface area (Å²) in [6, 6.07) is 8.73. The Kier molecular flexibility index (Phi) is 7.42. The minimum atomic E-state index is -0.274. The van der Waals surface area contributed by atoms with Gasteiger partial charge in [-0.25, -0.2) is 0 Å². The molecule has 28 heavy (non-hydrogen) atoms. The number of allylic oxidation sites excluding steroid dienone is 1. The summed E-state index contributed by atoms with van der Waals surface area (Å²) in [7, 11) is 0. The molecule has 3 unspecified atom stereocenters. The van der Waals surface area contributed by atoms with Crippen LogP contribution in [-0.4, -0.2) is 12.4 Å². The summed E-state index contributed by atoms with van der Waals surface area (Å²) in [5.74, 6) is 2.09. The summed E-state index contributed by atoms with van der Waals surface area (Å²) in [6.07, 6.45) is 5.51. The molecule has 1 aliphatic carbocycles. The molecule has 2 rings (SSSR count). The zero-order valence-corrected chi connectivity index (χ0v) is 19.6. The lowest BCUT2D eigenvalue weighted by atomic mass is 9.69. The Morgan fingerprint density at radius 3 is 2.04 bits per heavy atom. The zero-order chi connectivity index (χ0) is 21.1. The highest BCUT2D eigenvalue weighted by atomic mass is 16.7. The van der Waals surface area contributed by atoms with Crippen molar-refractivity contribution in [3.8, 4) is 5.75 Å². The van der Waals surface area contributed by atoms with E-state index >= 15 is 0 Å². The fourth-order valence-corrected chi connectivity index (χ4v) is 3.99. The van der Waals surface area contributed by atoms with Crippen LogP contribution in [0.3, 0.4) is 0 Å². The van der Waals surface area contributed by atoms with Crippen LogP contribution in [0, 0.1) is 16.7 Å². The maximum Gasteiger partial charge on any atom is 0.222 e. The first-order valence-electron chi connectivity index (χ1n) is 11.0. The summed E-state index contributed by atoms with van der Waals surface area (Å²) in [6.45, 7) is 20.4. The molecule has 0 aliphatic heterocycles. The molecule has 2 nitrogen and oxygen atoms in total. The van der Waals surface area contributed by atoms with E-state index in [4.69, 9.17) is 9.47 Å². The van der Waals surface area contributed by atoms with Crippen molar-refractivity contribution < 1.29 is 9.47 Å². The van der Waals surface area contributed by atoms with Gasteiger partial charge >= 0.3 is 0 Å². The molecule has 0 saturated carbocycles. The predicted molar refractivity (Wildman–Crippen MR) is 120 cm³/mol. The van der Waals surface area contributed by atoms with Crippen LogP contribution in [0.1, 0.15) is 93.1 Å². The van der Waals surface area contributed by atoms with Crippen LogP contribution < -0.4 is 4.74 Å². The lowest BCUT2D eigenvalue weighted by molar-refractivity contribution is -0.0849. The molecule has 0 heterocycles. The van der Waals surface area contributed by atoms with Crippen molar-refractivity contribution >= 4 is 0 Å². The van der Waals surface area contributed by atoms with Crippen LogP contribution in [0.5, 0.6) is 5.75 Å². The van der Waals surface area contributed by atoms with Crippen molar-refractivity contribution in [1.82, 2.24) is 0 Å². The second-order valence-corrected chi connectivity index (χ2v) is 11.2. The largest absolute Gasteiger partial charge is 0.461 e. The quantitative estimate of drug-likeness (QED) is 0.352. The van der Waals surface area contributed by atoms with E-state index in [1.54, 1.807) is 0 Å². The Morgan fingerprint density at radius 2 is 1.61 bits per heavy atom. The van der Waals surface area contributed by atoms with Crippen molar-refractivity contribution in [2.24, 2.45) is 16.7 Å². The van der Waals surface area contributed by atoms with Gasteiger partial charge in [-0.3, -0.25) is 0 Å². The maximum atomic E-state index is 6.29. The van der Waals surface area contributed by atoms with Gasteiger partial charge in [0.25, 0.3) is 0 Å².